The van der Waals surface area contributed by atoms with E-state index in [0.29, 0.717) is 30.0 Å². The summed E-state index contributed by atoms with van der Waals surface area (Å²) in [7, 11) is 0. The second-order valence-corrected chi connectivity index (χ2v) is 6.76. The second kappa shape index (κ2) is 6.73. The topological polar surface area (TPSA) is 64.4 Å². The zero-order valence-electron chi connectivity index (χ0n) is 14.1. The highest BCUT2D eigenvalue weighted by molar-refractivity contribution is 5.97. The van der Waals surface area contributed by atoms with Gasteiger partial charge in [0.15, 0.2) is 0 Å². The van der Waals surface area contributed by atoms with E-state index in [0.717, 1.165) is 17.5 Å². The minimum absolute atomic E-state index is 0.413. The predicted octanol–water partition coefficient (Wildman–Crippen LogP) is 3.27. The number of ether oxygens (including phenoxy) is 1. The van der Waals surface area contributed by atoms with Crippen molar-refractivity contribution in [2.24, 2.45) is 5.73 Å². The van der Waals surface area contributed by atoms with E-state index in [1.807, 2.05) is 42.5 Å². The molecule has 4 rings (SSSR count). The van der Waals surface area contributed by atoms with Crippen molar-refractivity contribution in [1.82, 2.24) is 5.32 Å². The van der Waals surface area contributed by atoms with Crippen LogP contribution < -0.4 is 15.8 Å². The molecule has 2 aliphatic rings. The van der Waals surface area contributed by atoms with Crippen LogP contribution in [0, 0.1) is 0 Å². The van der Waals surface area contributed by atoms with Crippen molar-refractivity contribution in [3.05, 3.63) is 71.3 Å². The fraction of sp³-hybridized carbons (Fsp3) is 0.286. The van der Waals surface area contributed by atoms with E-state index in [9.17, 15) is 4.79 Å². The molecule has 0 radical (unpaired) electrons. The summed E-state index contributed by atoms with van der Waals surface area (Å²) in [6.07, 6.45) is 5.60. The number of para-hydroxylation sites is 1. The van der Waals surface area contributed by atoms with Crippen LogP contribution in [0.4, 0.5) is 0 Å². The highest BCUT2D eigenvalue weighted by atomic mass is 16.5. The zero-order valence-corrected chi connectivity index (χ0v) is 14.1. The van der Waals surface area contributed by atoms with Gasteiger partial charge < -0.3 is 15.8 Å². The van der Waals surface area contributed by atoms with Gasteiger partial charge in [-0.3, -0.25) is 4.79 Å². The van der Waals surface area contributed by atoms with Crippen molar-refractivity contribution in [1.29, 1.82) is 0 Å². The molecule has 2 aromatic rings. The molecule has 1 fully saturated rings. The largest absolute Gasteiger partial charge is 0.487 e. The molecule has 0 saturated carbocycles. The number of carbonyl (C=O) groups is 1. The number of carbonyl (C=O) groups excluding carboxylic acids is 1. The Labute approximate surface area is 147 Å². The van der Waals surface area contributed by atoms with Gasteiger partial charge in [-0.25, -0.2) is 0 Å². The molecule has 2 aromatic carbocycles. The molecule has 2 atom stereocenters. The third-order valence-corrected chi connectivity index (χ3v) is 5.00. The third-order valence-electron chi connectivity index (χ3n) is 5.00. The molecule has 3 N–H and O–H groups in total. The molecule has 0 unspecified atom stereocenters. The van der Waals surface area contributed by atoms with Crippen molar-refractivity contribution >= 4 is 11.5 Å². The van der Waals surface area contributed by atoms with Gasteiger partial charge in [-0.15, -0.1) is 0 Å². The summed E-state index contributed by atoms with van der Waals surface area (Å²) in [4.78, 5) is 11.9. The molecule has 1 amide bonds. The van der Waals surface area contributed by atoms with Crippen LogP contribution in [0.5, 0.6) is 5.75 Å². The van der Waals surface area contributed by atoms with E-state index in [2.05, 4.69) is 11.4 Å². The fourth-order valence-corrected chi connectivity index (χ4v) is 3.79. The highest BCUT2D eigenvalue weighted by Crippen LogP contribution is 2.37. The Balaban J connectivity index is 1.69. The Morgan fingerprint density at radius 3 is 2.72 bits per heavy atom. The van der Waals surface area contributed by atoms with Crippen LogP contribution >= 0.6 is 0 Å². The van der Waals surface area contributed by atoms with Crippen molar-refractivity contribution in [3.63, 3.8) is 0 Å². The molecule has 0 aliphatic carbocycles. The Kier molecular flexibility index (Phi) is 4.28. The lowest BCUT2D eigenvalue weighted by atomic mass is 9.93. The minimum Gasteiger partial charge on any atom is -0.487 e. The maximum atomic E-state index is 11.9. The van der Waals surface area contributed by atoms with Gasteiger partial charge in [0.25, 0.3) is 5.91 Å². The van der Waals surface area contributed by atoms with Gasteiger partial charge in [0.05, 0.1) is 5.56 Å². The van der Waals surface area contributed by atoms with Gasteiger partial charge in [0.2, 0.25) is 0 Å². The van der Waals surface area contributed by atoms with Gasteiger partial charge in [0.1, 0.15) is 12.4 Å². The number of hydrogen-bond acceptors (Lipinski definition) is 3. The third kappa shape index (κ3) is 3.30. The molecule has 2 aliphatic heterocycles. The van der Waals surface area contributed by atoms with E-state index in [-0.39, 0.29) is 0 Å². The Bertz CT molecular complexity index is 814. The number of nitrogens with one attached hydrogen (secondary N) is 1. The standard InChI is InChI=1S/C21H22N2O2/c22-21(24)19-8-4-7-18(15-11-16-9-10-17(12-15)23-16)20(19)25-13-14-5-2-1-3-6-14/h1-8,11,16-17,23H,9-10,12-13H2,(H2,22,24)/t16-,17+/m0/s1. The van der Waals surface area contributed by atoms with Crippen molar-refractivity contribution in [2.45, 2.75) is 38.0 Å². The van der Waals surface area contributed by atoms with Crippen LogP contribution in [0.3, 0.4) is 0 Å². The molecule has 4 nitrogen and oxygen atoms in total. The van der Waals surface area contributed by atoms with Crippen LogP contribution in [-0.2, 0) is 6.61 Å². The Morgan fingerprint density at radius 2 is 1.96 bits per heavy atom. The average molecular weight is 334 g/mol. The van der Waals surface area contributed by atoms with Crippen molar-refractivity contribution in [3.8, 4) is 5.75 Å². The minimum atomic E-state index is -0.456. The first kappa shape index (κ1) is 15.9. The summed E-state index contributed by atoms with van der Waals surface area (Å²) in [5.41, 5.74) is 9.34. The number of fused-ring (bicyclic) bond motifs is 2. The first-order chi connectivity index (χ1) is 12.2. The molecule has 2 heterocycles. The van der Waals surface area contributed by atoms with Gasteiger partial charge in [0, 0.05) is 17.6 Å². The second-order valence-electron chi connectivity index (χ2n) is 6.76. The number of hydrogen-bond donors (Lipinski definition) is 2. The van der Waals surface area contributed by atoms with E-state index >= 15 is 0 Å². The zero-order chi connectivity index (χ0) is 17.2. The molecule has 0 spiro atoms. The lowest BCUT2D eigenvalue weighted by molar-refractivity contribution is 0.0996. The van der Waals surface area contributed by atoms with Crippen LogP contribution in [0.2, 0.25) is 0 Å². The maximum Gasteiger partial charge on any atom is 0.252 e. The summed E-state index contributed by atoms with van der Waals surface area (Å²) < 4.78 is 6.10. The number of benzene rings is 2. The van der Waals surface area contributed by atoms with Gasteiger partial charge >= 0.3 is 0 Å². The van der Waals surface area contributed by atoms with Gasteiger partial charge in [-0.1, -0.05) is 48.5 Å². The molecule has 0 aromatic heterocycles. The van der Waals surface area contributed by atoms with Crippen LogP contribution in [0.25, 0.3) is 5.57 Å². The van der Waals surface area contributed by atoms with Crippen molar-refractivity contribution < 1.29 is 9.53 Å². The average Bonchev–Trinajstić information content (AvgIpc) is 2.98. The van der Waals surface area contributed by atoms with E-state index in [1.165, 1.54) is 18.4 Å². The lowest BCUT2D eigenvalue weighted by Gasteiger charge is -2.24. The number of rotatable bonds is 5. The predicted molar refractivity (Wildman–Crippen MR) is 98.3 cm³/mol. The lowest BCUT2D eigenvalue weighted by Crippen LogP contribution is -2.32. The number of nitrogens with two attached hydrogens (primary N) is 1. The fourth-order valence-electron chi connectivity index (χ4n) is 3.79. The molecule has 25 heavy (non-hydrogen) atoms. The smallest absolute Gasteiger partial charge is 0.252 e. The monoisotopic (exact) mass is 334 g/mol. The van der Waals surface area contributed by atoms with Crippen LogP contribution in [-0.4, -0.2) is 18.0 Å². The first-order valence-electron chi connectivity index (χ1n) is 8.77. The normalized spacial score (nSPS) is 21.7. The number of amides is 1. The molecule has 2 bridgehead atoms. The van der Waals surface area contributed by atoms with Crippen LogP contribution in [0.15, 0.2) is 54.6 Å². The van der Waals surface area contributed by atoms with Gasteiger partial charge in [-0.05, 0) is 36.5 Å². The summed E-state index contributed by atoms with van der Waals surface area (Å²) >= 11 is 0. The molecular formula is C21H22N2O2. The quantitative estimate of drug-likeness (QED) is 0.882. The summed E-state index contributed by atoms with van der Waals surface area (Å²) in [6.45, 7) is 0.413. The Morgan fingerprint density at radius 1 is 1.12 bits per heavy atom. The van der Waals surface area contributed by atoms with E-state index < -0.39 is 5.91 Å². The van der Waals surface area contributed by atoms with Crippen molar-refractivity contribution in [2.75, 3.05) is 0 Å². The van der Waals surface area contributed by atoms with Gasteiger partial charge in [-0.2, -0.15) is 0 Å². The summed E-state index contributed by atoms with van der Waals surface area (Å²) in [5.74, 6) is 0.147. The molecule has 128 valence electrons. The first-order valence-corrected chi connectivity index (χ1v) is 8.77. The highest BCUT2D eigenvalue weighted by Gasteiger charge is 2.30. The SMILES string of the molecule is NC(=O)c1cccc(C2=C[C@@H]3CC[C@H](C2)N3)c1OCc1ccccc1. The number of primary amides is 1. The van der Waals surface area contributed by atoms with E-state index in [4.69, 9.17) is 10.5 Å². The summed E-state index contributed by atoms with van der Waals surface area (Å²) in [6, 6.07) is 16.5. The van der Waals surface area contributed by atoms with E-state index in [1.54, 1.807) is 6.07 Å². The Hall–Kier alpha value is -2.59. The molecule has 4 heteroatoms. The molecule has 1 saturated heterocycles. The maximum absolute atomic E-state index is 11.9. The molecular weight excluding hydrogens is 312 g/mol. The van der Waals surface area contributed by atoms with Crippen LogP contribution in [0.1, 0.15) is 40.7 Å². The summed E-state index contributed by atoms with van der Waals surface area (Å²) in [5, 5.41) is 3.60.